The van der Waals surface area contributed by atoms with Crippen molar-refractivity contribution in [1.82, 2.24) is 45.9 Å². The molecule has 3 aromatic heterocycles. The van der Waals surface area contributed by atoms with Crippen molar-refractivity contribution in [3.63, 3.8) is 0 Å². The maximum Gasteiger partial charge on any atom is 0.326 e. The average Bonchev–Trinajstić information content (AvgIpc) is 1.17. The molecule has 1 aromatic carbocycles. The number of aryl methyl sites for hydroxylation is 2. The van der Waals surface area contributed by atoms with Crippen LogP contribution in [-0.2, 0) is 67.7 Å². The number of aromatic amines is 2. The Morgan fingerprint density at radius 3 is 1.84 bits per heavy atom. The number of imidazole rings is 1. The Bertz CT molecular complexity index is 3310. The number of quaternary nitrogens is 1. The lowest BCUT2D eigenvalue weighted by Crippen LogP contribution is -2.52. The second-order valence-electron chi connectivity index (χ2n) is 25.1. The fourth-order valence-electron chi connectivity index (χ4n) is 11.3. The van der Waals surface area contributed by atoms with Crippen molar-refractivity contribution < 1.29 is 86.1 Å². The zero-order valence-electron chi connectivity index (χ0n) is 50.5. The first-order chi connectivity index (χ1) is 40.2. The van der Waals surface area contributed by atoms with Gasteiger partial charge in [0, 0.05) is 55.7 Å². The molecule has 0 bridgehead atoms. The molecule has 0 saturated heterocycles. The summed E-state index contributed by atoms with van der Waals surface area (Å²) < 4.78 is 32.1. The Hall–Kier alpha value is -8.25. The Kier molecular flexibility index (Phi) is 24.5. The van der Waals surface area contributed by atoms with E-state index in [0.717, 1.165) is 0 Å². The molecule has 4 aromatic rings. The van der Waals surface area contributed by atoms with Gasteiger partial charge in [-0.05, 0) is 59.6 Å². The quantitative estimate of drug-likeness (QED) is 0.0179. The number of nitrogens with one attached hydrogen (secondary N) is 6. The van der Waals surface area contributed by atoms with Crippen LogP contribution in [0, 0.1) is 51.8 Å². The molecule has 0 spiro atoms. The van der Waals surface area contributed by atoms with Gasteiger partial charge in [0.15, 0.2) is 11.2 Å². The third kappa shape index (κ3) is 21.3. The van der Waals surface area contributed by atoms with Gasteiger partial charge in [0.25, 0.3) is 21.6 Å². The van der Waals surface area contributed by atoms with Crippen LogP contribution in [-0.4, -0.2) is 178 Å². The van der Waals surface area contributed by atoms with Gasteiger partial charge in [0.1, 0.15) is 6.04 Å². The van der Waals surface area contributed by atoms with Gasteiger partial charge in [-0.1, -0.05) is 67.5 Å². The van der Waals surface area contributed by atoms with Crippen molar-refractivity contribution in [2.24, 2.45) is 51.8 Å². The Morgan fingerprint density at radius 1 is 0.690 bits per heavy atom. The minimum Gasteiger partial charge on any atom is -0.481 e. The summed E-state index contributed by atoms with van der Waals surface area (Å²) in [5.74, 6) is -20.5. The first-order valence-electron chi connectivity index (χ1n) is 28.1. The van der Waals surface area contributed by atoms with Crippen LogP contribution in [0.25, 0.3) is 11.2 Å². The van der Waals surface area contributed by atoms with E-state index in [1.54, 1.807) is 46.8 Å². The number of carboxylic acid groups (broad SMARTS) is 5. The molecule has 7 unspecified atom stereocenters. The van der Waals surface area contributed by atoms with Gasteiger partial charge >= 0.3 is 29.8 Å². The minimum absolute atomic E-state index is 0.0225. The van der Waals surface area contributed by atoms with E-state index in [4.69, 9.17) is 5.11 Å². The largest absolute Gasteiger partial charge is 0.481 e. The number of carboxylic acids is 5. The van der Waals surface area contributed by atoms with E-state index in [-0.39, 0.29) is 55.5 Å². The summed E-state index contributed by atoms with van der Waals surface area (Å²) in [6, 6.07) is 4.39. The van der Waals surface area contributed by atoms with Crippen molar-refractivity contribution in [3.8, 4) is 0 Å². The fourth-order valence-corrected chi connectivity index (χ4v) is 11.8. The number of fused-ring (bicyclic) bond motifs is 1. The van der Waals surface area contributed by atoms with Crippen LogP contribution in [0.4, 0.5) is 5.95 Å². The highest BCUT2D eigenvalue weighted by Crippen LogP contribution is 2.48. The van der Waals surface area contributed by atoms with Crippen molar-refractivity contribution in [2.45, 2.75) is 113 Å². The van der Waals surface area contributed by atoms with Crippen LogP contribution < -0.4 is 26.8 Å². The van der Waals surface area contributed by atoms with E-state index >= 15 is 0 Å². The molecular formula is C57H82N11O18S+. The predicted octanol–water partition coefficient (Wildman–Crippen LogP) is 2.89. The van der Waals surface area contributed by atoms with E-state index in [1.165, 1.54) is 51.6 Å². The van der Waals surface area contributed by atoms with Gasteiger partial charge in [0.2, 0.25) is 23.7 Å². The summed E-state index contributed by atoms with van der Waals surface area (Å²) in [4.78, 5) is 154. The molecule has 12 N–H and O–H groups in total. The number of aliphatic carboxylic acids is 5. The molecule has 0 aliphatic rings. The van der Waals surface area contributed by atoms with Crippen LogP contribution in [0.15, 0.2) is 47.8 Å². The summed E-state index contributed by atoms with van der Waals surface area (Å²) in [5, 5.41) is 61.3. The van der Waals surface area contributed by atoms with Crippen LogP contribution in [0.1, 0.15) is 115 Å². The molecule has 3 heterocycles. The molecule has 29 nitrogen and oxygen atoms in total. The Morgan fingerprint density at radius 2 is 1.29 bits per heavy atom. The number of carbonyl (C=O) groups excluding carboxylic acids is 4. The first-order valence-corrected chi connectivity index (χ1v) is 29.7. The lowest BCUT2D eigenvalue weighted by molar-refractivity contribution is -0.890. The summed E-state index contributed by atoms with van der Waals surface area (Å²) >= 11 is 0. The highest BCUT2D eigenvalue weighted by molar-refractivity contribution is 7.85. The topological polar surface area (TPSA) is 457 Å². The van der Waals surface area contributed by atoms with Gasteiger partial charge < -0.3 is 51.0 Å². The highest BCUT2D eigenvalue weighted by Gasteiger charge is 2.53. The third-order valence-corrected chi connectivity index (χ3v) is 16.3. The summed E-state index contributed by atoms with van der Waals surface area (Å²) in [6.45, 7) is 13.0. The fraction of sp³-hybridized carbons (Fsp3) is 0.579. The van der Waals surface area contributed by atoms with Gasteiger partial charge in [-0.2, -0.15) is 13.4 Å². The van der Waals surface area contributed by atoms with Crippen molar-refractivity contribution >= 4 is 80.7 Å². The SMILES string of the molecule is CC(C(=O)Nc1nc2ncc(CCc3ccc(C(=O)NC(CC(=O)O)C(=O)O)cc3)nc2c(=O)[nH]1)C(C(=O)O)C(C)(C)CC(C(=O)O)C(C(=O)NCCc1cnc[nH]1)C(C)(C)CC(C(=O)NCCC[N+](C)(C)CCCS(=O)(=O)O)C(C(=O)O)C(C)(C)C. The van der Waals surface area contributed by atoms with Crippen molar-refractivity contribution in [3.05, 3.63) is 75.9 Å². The van der Waals surface area contributed by atoms with Crippen LogP contribution in [0.3, 0.4) is 0 Å². The number of aromatic nitrogens is 6. The standard InChI is InChI=1S/C57H81N11O18S/c1-31(45(71)66-54-65-44-43(49(75)67-54)63-35(29-61-44)18-15-32-13-16-33(17-14-32)46(72)64-38(51(78)79)25-39(69)70)40(52(80)81)56(5,6)27-37(50(76)77)41(48(74)60-21-19-34-28-58-30-62-34)57(7,8)26-36(42(53(82)83)55(2,3)4)47(73)59-20-11-22-68(9,10)23-12-24-87(84,85)86/h13-14,16-17,28-31,36-38,40-42H,11-12,15,18-27H2,1-10H3,(H11-,58,59,60,61,62,64,65,66,67,69,70,71,72,73,74,75,76,77,78,79,80,81,82,83,84,85,86)/p+1. The molecule has 30 heteroatoms. The molecule has 87 heavy (non-hydrogen) atoms. The lowest BCUT2D eigenvalue weighted by Gasteiger charge is -2.44. The lowest BCUT2D eigenvalue weighted by atomic mass is 9.59. The molecule has 478 valence electrons. The molecule has 0 radical (unpaired) electrons. The van der Waals surface area contributed by atoms with Crippen molar-refractivity contribution in [1.29, 1.82) is 0 Å². The Balaban J connectivity index is 1.59. The van der Waals surface area contributed by atoms with E-state index < -0.39 is 151 Å². The molecule has 0 aliphatic carbocycles. The van der Waals surface area contributed by atoms with Crippen LogP contribution in [0.5, 0.6) is 0 Å². The smallest absolute Gasteiger partial charge is 0.326 e. The normalized spacial score (nSPS) is 14.7. The number of benzene rings is 1. The van der Waals surface area contributed by atoms with E-state index in [1.807, 2.05) is 14.1 Å². The summed E-state index contributed by atoms with van der Waals surface area (Å²) in [6.07, 6.45) is 3.93. The maximum absolute atomic E-state index is 14.8. The van der Waals surface area contributed by atoms with Gasteiger partial charge in [-0.25, -0.2) is 19.7 Å². The van der Waals surface area contributed by atoms with Gasteiger partial charge in [0.05, 0.1) is 87.2 Å². The molecular weight excluding hydrogens is 1160 g/mol. The molecule has 0 saturated carbocycles. The molecule has 4 rings (SSSR count). The van der Waals surface area contributed by atoms with E-state index in [9.17, 15) is 81.3 Å². The zero-order chi connectivity index (χ0) is 65.6. The Labute approximate surface area is 502 Å². The third-order valence-electron chi connectivity index (χ3n) is 15.5. The number of H-pyrrole nitrogens is 2. The van der Waals surface area contributed by atoms with Gasteiger partial charge in [-0.3, -0.25) is 58.0 Å². The molecule has 0 fully saturated rings. The number of hydrogen-bond acceptors (Lipinski definition) is 16. The predicted molar refractivity (Wildman–Crippen MR) is 313 cm³/mol. The number of rotatable bonds is 35. The zero-order valence-corrected chi connectivity index (χ0v) is 51.3. The molecule has 7 atom stereocenters. The number of hydrogen-bond donors (Lipinski definition) is 12. The highest BCUT2D eigenvalue weighted by atomic mass is 32.2. The minimum atomic E-state index is -4.17. The number of anilines is 1. The van der Waals surface area contributed by atoms with Crippen molar-refractivity contribution in [2.75, 3.05) is 51.3 Å². The average molecular weight is 1240 g/mol. The molecule has 0 aliphatic heterocycles. The second-order valence-corrected chi connectivity index (χ2v) is 26.7. The van der Waals surface area contributed by atoms with Crippen LogP contribution in [0.2, 0.25) is 0 Å². The van der Waals surface area contributed by atoms with Gasteiger partial charge in [-0.15, -0.1) is 0 Å². The van der Waals surface area contributed by atoms with Crippen LogP contribution >= 0.6 is 0 Å². The summed E-state index contributed by atoms with van der Waals surface area (Å²) in [5.41, 5.74) is -3.70. The van der Waals surface area contributed by atoms with E-state index in [0.29, 0.717) is 47.4 Å². The summed E-state index contributed by atoms with van der Waals surface area (Å²) in [7, 11) is -0.488. The maximum atomic E-state index is 14.8. The first kappa shape index (κ1) is 71.2. The number of amides is 4. The number of carbonyl (C=O) groups is 9. The second kappa shape index (κ2) is 29.9. The van der Waals surface area contributed by atoms with E-state index in [2.05, 4.69) is 51.2 Å². The monoisotopic (exact) mass is 1240 g/mol. The number of nitrogens with zero attached hydrogens (tertiary/aromatic N) is 5. The molecule has 4 amide bonds.